The molecule has 0 aliphatic carbocycles. The van der Waals surface area contributed by atoms with Gasteiger partial charge < -0.3 is 14.7 Å². The van der Waals surface area contributed by atoms with Crippen molar-refractivity contribution in [2.45, 2.75) is 31.6 Å². The van der Waals surface area contributed by atoms with Crippen LogP contribution in [0.5, 0.6) is 0 Å². The van der Waals surface area contributed by atoms with E-state index in [-0.39, 0.29) is 5.91 Å². The molecule has 3 rings (SSSR count). The summed E-state index contributed by atoms with van der Waals surface area (Å²) in [5.41, 5.74) is 1.83. The molecule has 1 amide bonds. The number of para-hydroxylation sites is 1. The topological polar surface area (TPSA) is 66.8 Å². The molecule has 120 valence electrons. The summed E-state index contributed by atoms with van der Waals surface area (Å²) in [6.45, 7) is 0.448. The fraction of sp³-hybridized carbons (Fsp3) is 0.294. The number of hydrogen-bond donors (Lipinski definition) is 1. The Morgan fingerprint density at radius 2 is 1.91 bits per heavy atom. The summed E-state index contributed by atoms with van der Waals surface area (Å²) in [5.74, 6) is -1.20. The number of hydrogen-bond acceptors (Lipinski definition) is 4. The molecule has 0 spiro atoms. The van der Waals surface area contributed by atoms with Gasteiger partial charge in [-0.15, -0.1) is 0 Å². The fourth-order valence-corrected chi connectivity index (χ4v) is 3.30. The van der Waals surface area contributed by atoms with Crippen LogP contribution >= 0.6 is 11.3 Å². The second kappa shape index (κ2) is 6.93. The summed E-state index contributed by atoms with van der Waals surface area (Å²) < 4.78 is 5.42. The Balaban J connectivity index is 1.80. The molecule has 0 radical (unpaired) electrons. The molecule has 2 atom stereocenters. The van der Waals surface area contributed by atoms with Gasteiger partial charge >= 0.3 is 5.97 Å². The average Bonchev–Trinajstić information content (AvgIpc) is 3.24. The number of carboxylic acids is 1. The molecule has 1 aliphatic rings. The van der Waals surface area contributed by atoms with Gasteiger partial charge in [-0.2, -0.15) is 11.3 Å². The van der Waals surface area contributed by atoms with E-state index in [1.54, 1.807) is 16.2 Å². The van der Waals surface area contributed by atoms with Gasteiger partial charge in [-0.25, -0.2) is 4.79 Å². The van der Waals surface area contributed by atoms with Crippen molar-refractivity contribution in [2.75, 3.05) is 4.90 Å². The highest BCUT2D eigenvalue weighted by molar-refractivity contribution is 7.07. The summed E-state index contributed by atoms with van der Waals surface area (Å²) >= 11 is 1.58. The number of carbonyl (C=O) groups excluding carboxylic acids is 1. The molecule has 2 aromatic rings. The van der Waals surface area contributed by atoms with Crippen LogP contribution < -0.4 is 4.90 Å². The molecule has 1 N–H and O–H groups in total. The van der Waals surface area contributed by atoms with Crippen molar-refractivity contribution in [3.05, 3.63) is 52.7 Å². The Morgan fingerprint density at radius 3 is 2.52 bits per heavy atom. The smallest absolute Gasteiger partial charge is 0.332 e. The third-order valence-corrected chi connectivity index (χ3v) is 4.56. The van der Waals surface area contributed by atoms with Gasteiger partial charge in [0.15, 0.2) is 6.10 Å². The predicted octanol–water partition coefficient (Wildman–Crippen LogP) is 2.91. The Hall–Kier alpha value is -2.18. The zero-order valence-electron chi connectivity index (χ0n) is 12.4. The predicted molar refractivity (Wildman–Crippen MR) is 87.5 cm³/mol. The first kappa shape index (κ1) is 15.7. The van der Waals surface area contributed by atoms with Gasteiger partial charge in [0, 0.05) is 5.69 Å². The molecule has 0 bridgehead atoms. The van der Waals surface area contributed by atoms with E-state index in [9.17, 15) is 9.59 Å². The minimum Gasteiger partial charge on any atom is -0.479 e. The molecule has 0 unspecified atom stereocenters. The number of aliphatic carboxylic acids is 1. The van der Waals surface area contributed by atoms with Crippen molar-refractivity contribution in [1.82, 2.24) is 0 Å². The number of amides is 1. The van der Waals surface area contributed by atoms with Crippen molar-refractivity contribution >= 4 is 28.9 Å². The van der Waals surface area contributed by atoms with E-state index in [1.807, 2.05) is 47.2 Å². The lowest BCUT2D eigenvalue weighted by Crippen LogP contribution is -2.39. The molecule has 0 saturated carbocycles. The van der Waals surface area contributed by atoms with E-state index < -0.39 is 18.2 Å². The van der Waals surface area contributed by atoms with Crippen LogP contribution in [-0.2, 0) is 20.9 Å². The Bertz CT molecular complexity index is 671. The van der Waals surface area contributed by atoms with Gasteiger partial charge in [0.25, 0.3) is 5.91 Å². The Morgan fingerprint density at radius 1 is 1.17 bits per heavy atom. The quantitative estimate of drug-likeness (QED) is 0.915. The average molecular weight is 331 g/mol. The number of nitrogens with zero attached hydrogens (tertiary/aromatic N) is 1. The minimum atomic E-state index is -1.01. The van der Waals surface area contributed by atoms with E-state index in [2.05, 4.69) is 0 Å². The number of thiophene rings is 1. The van der Waals surface area contributed by atoms with Crippen LogP contribution in [0.1, 0.15) is 18.4 Å². The fourth-order valence-electron chi connectivity index (χ4n) is 2.64. The van der Waals surface area contributed by atoms with E-state index in [0.29, 0.717) is 19.4 Å². The first-order valence-electron chi connectivity index (χ1n) is 7.41. The van der Waals surface area contributed by atoms with E-state index in [0.717, 1.165) is 11.3 Å². The summed E-state index contributed by atoms with van der Waals surface area (Å²) in [4.78, 5) is 25.5. The zero-order chi connectivity index (χ0) is 16.2. The zero-order valence-corrected chi connectivity index (χ0v) is 13.2. The number of benzene rings is 1. The number of carboxylic acid groups (broad SMARTS) is 1. The summed E-state index contributed by atoms with van der Waals surface area (Å²) in [6.07, 6.45) is -0.784. The van der Waals surface area contributed by atoms with Crippen molar-refractivity contribution in [2.24, 2.45) is 0 Å². The molecule has 23 heavy (non-hydrogen) atoms. The van der Waals surface area contributed by atoms with Crippen LogP contribution in [0.3, 0.4) is 0 Å². The summed E-state index contributed by atoms with van der Waals surface area (Å²) in [7, 11) is 0. The van der Waals surface area contributed by atoms with Gasteiger partial charge in [-0.05, 0) is 47.4 Å². The van der Waals surface area contributed by atoms with Crippen LogP contribution in [0.4, 0.5) is 5.69 Å². The first-order chi connectivity index (χ1) is 11.1. The third kappa shape index (κ3) is 3.60. The maximum absolute atomic E-state index is 12.9. The number of ether oxygens (including phenoxy) is 1. The largest absolute Gasteiger partial charge is 0.479 e. The van der Waals surface area contributed by atoms with E-state index in [1.165, 1.54) is 0 Å². The van der Waals surface area contributed by atoms with E-state index in [4.69, 9.17) is 9.84 Å². The van der Waals surface area contributed by atoms with Crippen LogP contribution in [-0.4, -0.2) is 29.2 Å². The lowest BCUT2D eigenvalue weighted by molar-refractivity contribution is -0.151. The molecule has 1 aromatic carbocycles. The lowest BCUT2D eigenvalue weighted by Gasteiger charge is -2.25. The minimum absolute atomic E-state index is 0.189. The van der Waals surface area contributed by atoms with Crippen LogP contribution in [0.15, 0.2) is 47.2 Å². The standard InChI is InChI=1S/C17H17NO4S/c19-16(14-6-7-15(22-14)17(20)21)18(10-12-8-9-23-11-12)13-4-2-1-3-5-13/h1-5,8-9,11,14-15H,6-7,10H2,(H,20,21)/t14-,15+/m0/s1. The molecule has 1 saturated heterocycles. The Labute approximate surface area is 138 Å². The second-order valence-electron chi connectivity index (χ2n) is 5.42. The lowest BCUT2D eigenvalue weighted by atomic mass is 10.1. The first-order valence-corrected chi connectivity index (χ1v) is 8.35. The molecule has 2 heterocycles. The highest BCUT2D eigenvalue weighted by Gasteiger charge is 2.37. The van der Waals surface area contributed by atoms with Crippen LogP contribution in [0, 0.1) is 0 Å². The molecular weight excluding hydrogens is 314 g/mol. The molecule has 1 aliphatic heterocycles. The highest BCUT2D eigenvalue weighted by atomic mass is 32.1. The molecule has 5 nitrogen and oxygen atoms in total. The SMILES string of the molecule is O=C(O)[C@H]1CC[C@@H](C(=O)N(Cc2ccsc2)c2ccccc2)O1. The van der Waals surface area contributed by atoms with Crippen molar-refractivity contribution in [1.29, 1.82) is 0 Å². The van der Waals surface area contributed by atoms with Crippen LogP contribution in [0.25, 0.3) is 0 Å². The molecular formula is C17H17NO4S. The highest BCUT2D eigenvalue weighted by Crippen LogP contribution is 2.26. The Kier molecular flexibility index (Phi) is 4.73. The van der Waals surface area contributed by atoms with Gasteiger partial charge in [0.05, 0.1) is 6.54 Å². The monoisotopic (exact) mass is 331 g/mol. The number of anilines is 1. The van der Waals surface area contributed by atoms with Crippen molar-refractivity contribution in [3.63, 3.8) is 0 Å². The maximum atomic E-state index is 12.9. The van der Waals surface area contributed by atoms with Gasteiger partial charge in [0.1, 0.15) is 6.10 Å². The van der Waals surface area contributed by atoms with Crippen LogP contribution in [0.2, 0.25) is 0 Å². The second-order valence-corrected chi connectivity index (χ2v) is 6.20. The summed E-state index contributed by atoms with van der Waals surface area (Å²) in [5, 5.41) is 13.0. The van der Waals surface area contributed by atoms with Gasteiger partial charge in [-0.3, -0.25) is 4.79 Å². The van der Waals surface area contributed by atoms with Gasteiger partial charge in [0.2, 0.25) is 0 Å². The van der Waals surface area contributed by atoms with Crippen molar-refractivity contribution in [3.8, 4) is 0 Å². The number of carbonyl (C=O) groups is 2. The normalized spacial score (nSPS) is 20.3. The van der Waals surface area contributed by atoms with Gasteiger partial charge in [-0.1, -0.05) is 18.2 Å². The summed E-state index contributed by atoms with van der Waals surface area (Å²) in [6, 6.07) is 11.4. The maximum Gasteiger partial charge on any atom is 0.332 e. The third-order valence-electron chi connectivity index (χ3n) is 3.83. The molecule has 1 aromatic heterocycles. The number of rotatable bonds is 5. The molecule has 1 fully saturated rings. The van der Waals surface area contributed by atoms with E-state index >= 15 is 0 Å². The van der Waals surface area contributed by atoms with Crippen molar-refractivity contribution < 1.29 is 19.4 Å². The molecule has 6 heteroatoms.